The summed E-state index contributed by atoms with van der Waals surface area (Å²) in [5.74, 6) is -0.750. The fourth-order valence-electron chi connectivity index (χ4n) is 3.73. The maximum Gasteiger partial charge on any atom is 0.335 e. The summed E-state index contributed by atoms with van der Waals surface area (Å²) >= 11 is 12.2. The Kier molecular flexibility index (Phi) is 4.41. The van der Waals surface area contributed by atoms with Gasteiger partial charge in [-0.15, -0.1) is 0 Å². The van der Waals surface area contributed by atoms with Crippen LogP contribution in [0.1, 0.15) is 39.4 Å². The lowest BCUT2D eigenvalue weighted by atomic mass is 9.97. The van der Waals surface area contributed by atoms with Crippen molar-refractivity contribution >= 4 is 35.1 Å². The Balaban J connectivity index is 1.48. The van der Waals surface area contributed by atoms with Crippen molar-refractivity contribution in [1.82, 2.24) is 4.90 Å². The molecule has 1 aliphatic heterocycles. The van der Waals surface area contributed by atoms with E-state index < -0.39 is 5.97 Å². The molecule has 4 nitrogen and oxygen atoms in total. The van der Waals surface area contributed by atoms with Crippen molar-refractivity contribution in [2.24, 2.45) is 5.92 Å². The third kappa shape index (κ3) is 3.19. The molecule has 1 N–H and O–H groups in total. The van der Waals surface area contributed by atoms with Crippen molar-refractivity contribution in [3.8, 4) is 0 Å². The van der Waals surface area contributed by atoms with Gasteiger partial charge in [-0.1, -0.05) is 35.3 Å². The zero-order valence-corrected chi connectivity index (χ0v) is 15.4. The second-order valence-corrected chi connectivity index (χ2v) is 7.76. The molecule has 0 aromatic heterocycles. The number of carbonyl (C=O) groups excluding carboxylic acids is 1. The minimum atomic E-state index is -0.948. The van der Waals surface area contributed by atoms with E-state index in [1.807, 2.05) is 17.0 Å². The van der Waals surface area contributed by atoms with E-state index in [1.54, 1.807) is 24.3 Å². The summed E-state index contributed by atoms with van der Waals surface area (Å²) < 4.78 is 0. The van der Waals surface area contributed by atoms with Gasteiger partial charge in [0.1, 0.15) is 0 Å². The number of carboxylic acid groups (broad SMARTS) is 1. The van der Waals surface area contributed by atoms with Crippen LogP contribution in [-0.4, -0.2) is 28.4 Å². The van der Waals surface area contributed by atoms with E-state index in [2.05, 4.69) is 0 Å². The molecule has 1 saturated carbocycles. The van der Waals surface area contributed by atoms with Gasteiger partial charge in [-0.3, -0.25) is 4.79 Å². The number of rotatable bonds is 3. The number of aromatic carboxylic acids is 1. The maximum atomic E-state index is 12.9. The highest BCUT2D eigenvalue weighted by Gasteiger charge is 2.46. The van der Waals surface area contributed by atoms with Crippen LogP contribution in [-0.2, 0) is 17.8 Å². The van der Waals surface area contributed by atoms with Crippen LogP contribution in [0.4, 0.5) is 0 Å². The SMILES string of the molecule is O=C(O)c1ccc2c(c1)CN(C(=O)C1CC1c1ccc(Cl)cc1Cl)CC2. The molecule has 2 atom stereocenters. The predicted molar refractivity (Wildman–Crippen MR) is 99.8 cm³/mol. The number of amides is 1. The molecular formula is C20H17Cl2NO3. The van der Waals surface area contributed by atoms with Gasteiger partial charge in [0.15, 0.2) is 0 Å². The maximum absolute atomic E-state index is 12.9. The van der Waals surface area contributed by atoms with Gasteiger partial charge in [-0.05, 0) is 59.7 Å². The van der Waals surface area contributed by atoms with Crippen LogP contribution in [0, 0.1) is 5.92 Å². The fourth-order valence-corrected chi connectivity index (χ4v) is 4.28. The predicted octanol–water partition coefficient (Wildman–Crippen LogP) is 4.38. The third-order valence-corrected chi connectivity index (χ3v) is 5.81. The Morgan fingerprint density at radius 1 is 1.08 bits per heavy atom. The number of fused-ring (bicyclic) bond motifs is 1. The van der Waals surface area contributed by atoms with Gasteiger partial charge < -0.3 is 10.0 Å². The molecule has 2 aliphatic rings. The number of carboxylic acids is 1. The molecule has 0 radical (unpaired) electrons. The van der Waals surface area contributed by atoms with Crippen molar-refractivity contribution in [2.75, 3.05) is 6.54 Å². The van der Waals surface area contributed by atoms with Crippen LogP contribution in [0.2, 0.25) is 10.0 Å². The second kappa shape index (κ2) is 6.60. The molecule has 134 valence electrons. The topological polar surface area (TPSA) is 57.6 Å². The summed E-state index contributed by atoms with van der Waals surface area (Å²) in [6.07, 6.45) is 1.54. The van der Waals surface area contributed by atoms with Crippen LogP contribution < -0.4 is 0 Å². The Hall–Kier alpha value is -2.04. The molecule has 0 saturated heterocycles. The van der Waals surface area contributed by atoms with Crippen LogP contribution in [0.15, 0.2) is 36.4 Å². The van der Waals surface area contributed by atoms with Crippen LogP contribution >= 0.6 is 23.2 Å². The lowest BCUT2D eigenvalue weighted by Gasteiger charge is -2.29. The lowest BCUT2D eigenvalue weighted by Crippen LogP contribution is -2.37. The Bertz CT molecular complexity index is 912. The molecule has 0 bridgehead atoms. The molecule has 4 rings (SSSR count). The van der Waals surface area contributed by atoms with Gasteiger partial charge in [0, 0.05) is 29.1 Å². The lowest BCUT2D eigenvalue weighted by molar-refractivity contribution is -0.133. The van der Waals surface area contributed by atoms with E-state index in [9.17, 15) is 9.59 Å². The molecule has 2 unspecified atom stereocenters. The molecule has 1 amide bonds. The molecular weight excluding hydrogens is 373 g/mol. The normalized spacial score (nSPS) is 21.2. The Morgan fingerprint density at radius 3 is 2.62 bits per heavy atom. The van der Waals surface area contributed by atoms with E-state index in [1.165, 1.54) is 0 Å². The summed E-state index contributed by atoms with van der Waals surface area (Å²) in [6.45, 7) is 1.13. The Morgan fingerprint density at radius 2 is 1.88 bits per heavy atom. The van der Waals surface area contributed by atoms with E-state index in [4.69, 9.17) is 28.3 Å². The average Bonchev–Trinajstić information content (AvgIpc) is 3.40. The largest absolute Gasteiger partial charge is 0.478 e. The number of nitrogens with zero attached hydrogens (tertiary/aromatic N) is 1. The van der Waals surface area contributed by atoms with Gasteiger partial charge in [-0.25, -0.2) is 4.79 Å². The first-order valence-electron chi connectivity index (χ1n) is 8.53. The summed E-state index contributed by atoms with van der Waals surface area (Å²) in [5.41, 5.74) is 3.27. The van der Waals surface area contributed by atoms with E-state index in [-0.39, 0.29) is 23.3 Å². The molecule has 26 heavy (non-hydrogen) atoms. The van der Waals surface area contributed by atoms with Crippen LogP contribution in [0.3, 0.4) is 0 Å². The van der Waals surface area contributed by atoms with Crippen LogP contribution in [0.25, 0.3) is 0 Å². The second-order valence-electron chi connectivity index (χ2n) is 6.91. The Labute approximate surface area is 161 Å². The standard InChI is InChI=1S/C20H17Cl2NO3/c21-14-3-4-15(18(22)8-14)16-9-17(16)19(24)23-6-5-11-1-2-12(20(25)26)7-13(11)10-23/h1-4,7-8,16-17H,5-6,9-10H2,(H,25,26). The quantitative estimate of drug-likeness (QED) is 0.846. The fraction of sp³-hybridized carbons (Fsp3) is 0.300. The third-order valence-electron chi connectivity index (χ3n) is 5.25. The summed E-state index contributed by atoms with van der Waals surface area (Å²) in [7, 11) is 0. The van der Waals surface area contributed by atoms with Crippen molar-refractivity contribution in [1.29, 1.82) is 0 Å². The number of hydrogen-bond donors (Lipinski definition) is 1. The zero-order chi connectivity index (χ0) is 18.4. The van der Waals surface area contributed by atoms with E-state index in [0.29, 0.717) is 23.1 Å². The molecule has 1 aliphatic carbocycles. The van der Waals surface area contributed by atoms with Gasteiger partial charge in [0.2, 0.25) is 5.91 Å². The molecule has 2 aromatic carbocycles. The highest BCUT2D eigenvalue weighted by Crippen LogP contribution is 2.51. The highest BCUT2D eigenvalue weighted by molar-refractivity contribution is 6.35. The molecule has 0 spiro atoms. The minimum Gasteiger partial charge on any atom is -0.478 e. The first-order chi connectivity index (χ1) is 12.4. The molecule has 1 heterocycles. The number of hydrogen-bond acceptors (Lipinski definition) is 2. The summed E-state index contributed by atoms with van der Waals surface area (Å²) in [5, 5.41) is 10.4. The number of halogens is 2. The van der Waals surface area contributed by atoms with Crippen molar-refractivity contribution in [3.63, 3.8) is 0 Å². The van der Waals surface area contributed by atoms with Crippen molar-refractivity contribution in [3.05, 3.63) is 68.7 Å². The van der Waals surface area contributed by atoms with E-state index >= 15 is 0 Å². The number of benzene rings is 2. The highest BCUT2D eigenvalue weighted by atomic mass is 35.5. The molecule has 1 fully saturated rings. The van der Waals surface area contributed by atoms with E-state index in [0.717, 1.165) is 29.5 Å². The van der Waals surface area contributed by atoms with Crippen molar-refractivity contribution < 1.29 is 14.7 Å². The van der Waals surface area contributed by atoms with Crippen molar-refractivity contribution in [2.45, 2.75) is 25.3 Å². The molecule has 6 heteroatoms. The number of carbonyl (C=O) groups is 2. The van der Waals surface area contributed by atoms with Gasteiger partial charge in [-0.2, -0.15) is 0 Å². The smallest absolute Gasteiger partial charge is 0.335 e. The van der Waals surface area contributed by atoms with Crippen LogP contribution in [0.5, 0.6) is 0 Å². The van der Waals surface area contributed by atoms with Gasteiger partial charge >= 0.3 is 5.97 Å². The minimum absolute atomic E-state index is 0.0575. The molecule has 2 aromatic rings. The average molecular weight is 390 g/mol. The summed E-state index contributed by atoms with van der Waals surface area (Å²) in [4.78, 5) is 25.9. The first kappa shape index (κ1) is 17.4. The van der Waals surface area contributed by atoms with Gasteiger partial charge in [0.05, 0.1) is 5.56 Å². The zero-order valence-electron chi connectivity index (χ0n) is 13.9. The van der Waals surface area contributed by atoms with Gasteiger partial charge in [0.25, 0.3) is 0 Å². The first-order valence-corrected chi connectivity index (χ1v) is 9.28. The summed E-state index contributed by atoms with van der Waals surface area (Å²) in [6, 6.07) is 10.6. The monoisotopic (exact) mass is 389 g/mol.